The average Bonchev–Trinajstić information content (AvgIpc) is 2.65. The van der Waals surface area contributed by atoms with Crippen molar-refractivity contribution in [2.45, 2.75) is 18.9 Å². The van der Waals surface area contributed by atoms with Crippen LogP contribution in [0.15, 0.2) is 12.3 Å². The molecule has 3 rings (SSSR count). The van der Waals surface area contributed by atoms with Crippen LogP contribution < -0.4 is 10.2 Å². The van der Waals surface area contributed by atoms with E-state index in [1.807, 2.05) is 6.07 Å². The molecule has 1 unspecified atom stereocenters. The van der Waals surface area contributed by atoms with Crippen molar-refractivity contribution in [1.82, 2.24) is 4.98 Å². The average molecular weight is 210 g/mol. The number of hydrogen-bond donors (Lipinski definition) is 1. The molecule has 1 aromatic rings. The molecule has 1 N–H and O–H groups in total. The summed E-state index contributed by atoms with van der Waals surface area (Å²) in [6.07, 6.45) is 4.27. The zero-order valence-corrected chi connectivity index (χ0v) is 8.59. The van der Waals surface area contributed by atoms with E-state index in [4.69, 9.17) is 11.6 Å². The normalized spacial score (nSPS) is 24.1. The molecular weight excluding hydrogens is 198 g/mol. The summed E-state index contributed by atoms with van der Waals surface area (Å²) in [6.45, 7) is 2.16. The predicted octanol–water partition coefficient (Wildman–Crippen LogP) is 2.13. The first-order chi connectivity index (χ1) is 6.84. The van der Waals surface area contributed by atoms with Gasteiger partial charge in [0.15, 0.2) is 5.82 Å². The number of pyridine rings is 1. The maximum Gasteiger partial charge on any atom is 0.152 e. The van der Waals surface area contributed by atoms with Crippen LogP contribution in [-0.2, 0) is 0 Å². The molecule has 1 aromatic heterocycles. The molecule has 1 fully saturated rings. The minimum atomic E-state index is 0.635. The second kappa shape index (κ2) is 3.02. The molecule has 3 nitrogen and oxygen atoms in total. The standard InChI is InChI=1S/C10H12ClN3/c11-7-4-9-10(13-5-7)14-3-1-2-8(14)6-12-9/h4-5,8,12H,1-3,6H2. The molecule has 3 heterocycles. The number of anilines is 2. The Morgan fingerprint density at radius 1 is 1.57 bits per heavy atom. The molecule has 0 spiro atoms. The Morgan fingerprint density at radius 2 is 2.50 bits per heavy atom. The van der Waals surface area contributed by atoms with Gasteiger partial charge in [-0.25, -0.2) is 4.98 Å². The molecule has 0 aromatic carbocycles. The van der Waals surface area contributed by atoms with E-state index in [-0.39, 0.29) is 0 Å². The number of hydrogen-bond acceptors (Lipinski definition) is 3. The molecule has 4 heteroatoms. The molecule has 0 amide bonds. The number of halogens is 1. The van der Waals surface area contributed by atoms with E-state index in [2.05, 4.69) is 15.2 Å². The van der Waals surface area contributed by atoms with Crippen LogP contribution in [0, 0.1) is 0 Å². The molecule has 14 heavy (non-hydrogen) atoms. The van der Waals surface area contributed by atoms with Gasteiger partial charge in [-0.15, -0.1) is 0 Å². The zero-order valence-electron chi connectivity index (χ0n) is 7.83. The molecule has 0 bridgehead atoms. The maximum atomic E-state index is 5.90. The van der Waals surface area contributed by atoms with Crippen LogP contribution in [-0.4, -0.2) is 24.1 Å². The van der Waals surface area contributed by atoms with Gasteiger partial charge < -0.3 is 10.2 Å². The third-order valence-electron chi connectivity index (χ3n) is 3.01. The van der Waals surface area contributed by atoms with Gasteiger partial charge in [0.25, 0.3) is 0 Å². The van der Waals surface area contributed by atoms with E-state index in [0.29, 0.717) is 11.1 Å². The van der Waals surface area contributed by atoms with Crippen LogP contribution in [0.25, 0.3) is 0 Å². The lowest BCUT2D eigenvalue weighted by molar-refractivity contribution is 0.675. The van der Waals surface area contributed by atoms with Crippen molar-refractivity contribution in [2.75, 3.05) is 23.3 Å². The quantitative estimate of drug-likeness (QED) is 0.710. The molecule has 1 saturated heterocycles. The summed E-state index contributed by atoms with van der Waals surface area (Å²) in [5, 5.41) is 4.09. The van der Waals surface area contributed by atoms with Crippen LogP contribution in [0.1, 0.15) is 12.8 Å². The van der Waals surface area contributed by atoms with E-state index in [1.54, 1.807) is 6.20 Å². The van der Waals surface area contributed by atoms with Crippen molar-refractivity contribution in [3.8, 4) is 0 Å². The maximum absolute atomic E-state index is 5.90. The molecule has 2 aliphatic heterocycles. The van der Waals surface area contributed by atoms with Crippen molar-refractivity contribution < 1.29 is 0 Å². The SMILES string of the molecule is Clc1cnc2c(c1)NCC1CCCN21. The highest BCUT2D eigenvalue weighted by Crippen LogP contribution is 2.35. The summed E-state index contributed by atoms with van der Waals surface area (Å²) in [6, 6.07) is 2.59. The van der Waals surface area contributed by atoms with Gasteiger partial charge in [-0.2, -0.15) is 0 Å². The Hall–Kier alpha value is -0.960. The summed E-state index contributed by atoms with van der Waals surface area (Å²) in [5.41, 5.74) is 1.08. The number of nitrogens with zero attached hydrogens (tertiary/aromatic N) is 2. The molecule has 0 saturated carbocycles. The summed E-state index contributed by atoms with van der Waals surface area (Å²) in [4.78, 5) is 6.78. The van der Waals surface area contributed by atoms with Crippen LogP contribution >= 0.6 is 11.6 Å². The number of aromatic nitrogens is 1. The predicted molar refractivity (Wildman–Crippen MR) is 58.1 cm³/mol. The molecule has 0 radical (unpaired) electrons. The van der Waals surface area contributed by atoms with Gasteiger partial charge in [0.1, 0.15) is 0 Å². The van der Waals surface area contributed by atoms with Gasteiger partial charge in [-0.3, -0.25) is 0 Å². The van der Waals surface area contributed by atoms with Crippen LogP contribution in [0.2, 0.25) is 5.02 Å². The smallest absolute Gasteiger partial charge is 0.152 e. The van der Waals surface area contributed by atoms with Gasteiger partial charge in [-0.1, -0.05) is 11.6 Å². The monoisotopic (exact) mass is 209 g/mol. The first kappa shape index (κ1) is 8.36. The fraction of sp³-hybridized carbons (Fsp3) is 0.500. The minimum Gasteiger partial charge on any atom is -0.380 e. The molecule has 2 aliphatic rings. The molecule has 0 aliphatic carbocycles. The third-order valence-corrected chi connectivity index (χ3v) is 3.22. The number of rotatable bonds is 0. The fourth-order valence-corrected chi connectivity index (χ4v) is 2.50. The van der Waals surface area contributed by atoms with E-state index in [9.17, 15) is 0 Å². The first-order valence-electron chi connectivity index (χ1n) is 5.00. The van der Waals surface area contributed by atoms with Crippen molar-refractivity contribution in [1.29, 1.82) is 0 Å². The summed E-state index contributed by atoms with van der Waals surface area (Å²) >= 11 is 5.90. The second-order valence-electron chi connectivity index (χ2n) is 3.90. The number of nitrogens with one attached hydrogen (secondary N) is 1. The second-order valence-corrected chi connectivity index (χ2v) is 4.33. The molecule has 1 atom stereocenters. The van der Waals surface area contributed by atoms with Gasteiger partial charge in [-0.05, 0) is 18.9 Å². The van der Waals surface area contributed by atoms with Crippen LogP contribution in [0.5, 0.6) is 0 Å². The van der Waals surface area contributed by atoms with E-state index in [0.717, 1.165) is 24.6 Å². The van der Waals surface area contributed by atoms with Crippen LogP contribution in [0.3, 0.4) is 0 Å². The molecule has 74 valence electrons. The highest BCUT2D eigenvalue weighted by molar-refractivity contribution is 6.30. The number of fused-ring (bicyclic) bond motifs is 3. The highest BCUT2D eigenvalue weighted by Gasteiger charge is 2.30. The first-order valence-corrected chi connectivity index (χ1v) is 5.38. The van der Waals surface area contributed by atoms with Gasteiger partial charge in [0.05, 0.1) is 10.7 Å². The highest BCUT2D eigenvalue weighted by atomic mass is 35.5. The van der Waals surface area contributed by atoms with E-state index in [1.165, 1.54) is 12.8 Å². The van der Waals surface area contributed by atoms with Crippen molar-refractivity contribution in [2.24, 2.45) is 0 Å². The van der Waals surface area contributed by atoms with E-state index >= 15 is 0 Å². The Morgan fingerprint density at radius 3 is 3.43 bits per heavy atom. The lowest BCUT2D eigenvalue weighted by Gasteiger charge is -2.33. The lowest BCUT2D eigenvalue weighted by atomic mass is 10.2. The zero-order chi connectivity index (χ0) is 9.54. The lowest BCUT2D eigenvalue weighted by Crippen LogP contribution is -2.39. The van der Waals surface area contributed by atoms with E-state index < -0.39 is 0 Å². The topological polar surface area (TPSA) is 28.2 Å². The van der Waals surface area contributed by atoms with Gasteiger partial charge in [0, 0.05) is 25.3 Å². The summed E-state index contributed by atoms with van der Waals surface area (Å²) in [5.74, 6) is 1.07. The summed E-state index contributed by atoms with van der Waals surface area (Å²) < 4.78 is 0. The Labute approximate surface area is 88.1 Å². The van der Waals surface area contributed by atoms with Crippen LogP contribution in [0.4, 0.5) is 11.5 Å². The fourth-order valence-electron chi connectivity index (χ4n) is 2.35. The molecular formula is C10H12ClN3. The van der Waals surface area contributed by atoms with Crippen molar-refractivity contribution in [3.05, 3.63) is 17.3 Å². The third kappa shape index (κ3) is 1.16. The minimum absolute atomic E-state index is 0.635. The summed E-state index contributed by atoms with van der Waals surface area (Å²) in [7, 11) is 0. The van der Waals surface area contributed by atoms with Gasteiger partial charge >= 0.3 is 0 Å². The largest absolute Gasteiger partial charge is 0.380 e. The Balaban J connectivity index is 2.05. The van der Waals surface area contributed by atoms with Crippen molar-refractivity contribution >= 4 is 23.1 Å². The Bertz CT molecular complexity index is 366. The Kier molecular flexibility index (Phi) is 1.80. The van der Waals surface area contributed by atoms with Gasteiger partial charge in [0.2, 0.25) is 0 Å². The van der Waals surface area contributed by atoms with Crippen molar-refractivity contribution in [3.63, 3.8) is 0 Å².